The first-order valence-corrected chi connectivity index (χ1v) is 2.28. The molecule has 0 N–H and O–H groups in total. The average Bonchev–Trinajstić information content (AvgIpc) is 1.31. The zero-order chi connectivity index (χ0) is 6.08. The van der Waals surface area contributed by atoms with E-state index in [9.17, 15) is 9.18 Å². The summed E-state index contributed by atoms with van der Waals surface area (Å²) >= 11 is 9.82. The van der Waals surface area contributed by atoms with E-state index in [2.05, 4.69) is 0 Å². The SMILES string of the molecule is CC(Cl)(Cl)C(=O)F. The van der Waals surface area contributed by atoms with Gasteiger partial charge in [0.05, 0.1) is 0 Å². The number of alkyl halides is 2. The van der Waals surface area contributed by atoms with Crippen LogP contribution in [0.3, 0.4) is 0 Å². The first-order chi connectivity index (χ1) is 2.94. The van der Waals surface area contributed by atoms with E-state index in [-0.39, 0.29) is 0 Å². The zero-order valence-electron chi connectivity index (χ0n) is 3.54. The summed E-state index contributed by atoms with van der Waals surface area (Å²) in [5.74, 6) is 0. The molecule has 0 aromatic rings. The minimum atomic E-state index is -1.86. The van der Waals surface area contributed by atoms with Crippen LogP contribution in [0.5, 0.6) is 0 Å². The second-order valence-corrected chi connectivity index (χ2v) is 2.87. The highest BCUT2D eigenvalue weighted by molar-refractivity contribution is 6.57. The molecule has 0 rings (SSSR count). The zero-order valence-corrected chi connectivity index (χ0v) is 5.05. The first-order valence-electron chi connectivity index (χ1n) is 1.52. The number of carbonyl (C=O) groups excluding carboxylic acids is 1. The standard InChI is InChI=1S/C3H3Cl2FO/c1-3(4,5)2(6)7/h1H3. The predicted octanol–water partition coefficient (Wildman–Crippen LogP) is 1.68. The molecule has 1 nitrogen and oxygen atoms in total. The molecule has 0 heterocycles. The van der Waals surface area contributed by atoms with Crippen molar-refractivity contribution in [3.63, 3.8) is 0 Å². The van der Waals surface area contributed by atoms with E-state index in [1.807, 2.05) is 0 Å². The molecule has 0 fully saturated rings. The average molecular weight is 145 g/mol. The van der Waals surface area contributed by atoms with Gasteiger partial charge in [0, 0.05) is 0 Å². The second kappa shape index (κ2) is 1.97. The summed E-state index contributed by atoms with van der Waals surface area (Å²) in [4.78, 5) is 9.53. The van der Waals surface area contributed by atoms with Gasteiger partial charge in [-0.1, -0.05) is 23.2 Å². The molecule has 0 bridgehead atoms. The van der Waals surface area contributed by atoms with Crippen molar-refractivity contribution >= 4 is 29.2 Å². The van der Waals surface area contributed by atoms with E-state index < -0.39 is 10.4 Å². The molecule has 0 atom stereocenters. The lowest BCUT2D eigenvalue weighted by molar-refractivity contribution is -0.129. The molecule has 0 spiro atoms. The Balaban J connectivity index is 3.79. The Morgan fingerprint density at radius 3 is 1.86 bits per heavy atom. The van der Waals surface area contributed by atoms with Crippen molar-refractivity contribution in [1.29, 1.82) is 0 Å². The van der Waals surface area contributed by atoms with Gasteiger partial charge in [-0.25, -0.2) is 0 Å². The Labute approximate surface area is 50.4 Å². The number of hydrogen-bond acceptors (Lipinski definition) is 1. The Hall–Kier alpha value is 0.180. The first kappa shape index (κ1) is 7.18. The molecule has 0 aliphatic rings. The molecule has 0 saturated heterocycles. The van der Waals surface area contributed by atoms with Gasteiger partial charge in [0.2, 0.25) is 4.33 Å². The summed E-state index contributed by atoms with van der Waals surface area (Å²) in [6.45, 7) is 1.07. The van der Waals surface area contributed by atoms with Gasteiger partial charge < -0.3 is 0 Å². The minimum Gasteiger partial charge on any atom is -0.258 e. The van der Waals surface area contributed by atoms with Crippen LogP contribution in [-0.4, -0.2) is 10.4 Å². The maximum Gasteiger partial charge on any atom is 0.336 e. The van der Waals surface area contributed by atoms with Crippen LogP contribution in [0.1, 0.15) is 6.92 Å². The van der Waals surface area contributed by atoms with E-state index in [0.29, 0.717) is 0 Å². The summed E-state index contributed by atoms with van der Waals surface area (Å²) in [5.41, 5.74) is 0. The van der Waals surface area contributed by atoms with Crippen LogP contribution < -0.4 is 0 Å². The normalized spacial score (nSPS) is 11.4. The van der Waals surface area contributed by atoms with Gasteiger partial charge in [-0.15, -0.1) is 0 Å². The molecule has 0 aromatic carbocycles. The third kappa shape index (κ3) is 2.83. The van der Waals surface area contributed by atoms with Crippen LogP contribution in [0.25, 0.3) is 0 Å². The van der Waals surface area contributed by atoms with Gasteiger partial charge in [0.25, 0.3) is 0 Å². The van der Waals surface area contributed by atoms with E-state index in [0.717, 1.165) is 6.92 Å². The van der Waals surface area contributed by atoms with E-state index >= 15 is 0 Å². The largest absolute Gasteiger partial charge is 0.336 e. The Bertz CT molecular complexity index is 85.4. The van der Waals surface area contributed by atoms with Crippen LogP contribution in [0.2, 0.25) is 0 Å². The highest BCUT2D eigenvalue weighted by Gasteiger charge is 2.26. The number of rotatable bonds is 1. The van der Waals surface area contributed by atoms with Gasteiger partial charge in [-0.2, -0.15) is 4.39 Å². The van der Waals surface area contributed by atoms with Crippen molar-refractivity contribution < 1.29 is 9.18 Å². The highest BCUT2D eigenvalue weighted by Crippen LogP contribution is 2.20. The fourth-order valence-corrected chi connectivity index (χ4v) is 0. The molecule has 0 amide bonds. The minimum absolute atomic E-state index is 1.07. The van der Waals surface area contributed by atoms with Crippen molar-refractivity contribution in [2.45, 2.75) is 11.3 Å². The van der Waals surface area contributed by atoms with E-state index in [4.69, 9.17) is 23.2 Å². The van der Waals surface area contributed by atoms with E-state index in [1.165, 1.54) is 0 Å². The highest BCUT2D eigenvalue weighted by atomic mass is 35.5. The molecular formula is C3H3Cl2FO. The van der Waals surface area contributed by atoms with Crippen molar-refractivity contribution in [1.82, 2.24) is 0 Å². The Morgan fingerprint density at radius 1 is 1.71 bits per heavy atom. The molecular weight excluding hydrogens is 142 g/mol. The van der Waals surface area contributed by atoms with Gasteiger partial charge in [0.1, 0.15) is 0 Å². The second-order valence-electron chi connectivity index (χ2n) is 1.16. The number of halogens is 3. The monoisotopic (exact) mass is 144 g/mol. The predicted molar refractivity (Wildman–Crippen MR) is 26.2 cm³/mol. The fraction of sp³-hybridized carbons (Fsp3) is 0.667. The lowest BCUT2D eigenvalue weighted by Crippen LogP contribution is -2.15. The van der Waals surface area contributed by atoms with Crippen molar-refractivity contribution in [2.75, 3.05) is 0 Å². The smallest absolute Gasteiger partial charge is 0.258 e. The van der Waals surface area contributed by atoms with E-state index in [1.54, 1.807) is 0 Å². The van der Waals surface area contributed by atoms with Crippen molar-refractivity contribution in [2.24, 2.45) is 0 Å². The number of carbonyl (C=O) groups is 1. The fourth-order valence-electron chi connectivity index (χ4n) is 0. The van der Waals surface area contributed by atoms with Gasteiger partial charge in [-0.05, 0) is 6.92 Å². The number of hydrogen-bond donors (Lipinski definition) is 0. The lowest BCUT2D eigenvalue weighted by atomic mass is 10.5. The summed E-state index contributed by atoms with van der Waals surface area (Å²) < 4.78 is 9.44. The summed E-state index contributed by atoms with van der Waals surface area (Å²) in [7, 11) is 0. The summed E-state index contributed by atoms with van der Waals surface area (Å²) in [6, 6.07) is -1.73. The quantitative estimate of drug-likeness (QED) is 0.405. The van der Waals surface area contributed by atoms with Gasteiger partial charge >= 0.3 is 6.04 Å². The molecule has 4 heteroatoms. The third-order valence-corrected chi connectivity index (χ3v) is 0.642. The lowest BCUT2D eigenvalue weighted by Gasteiger charge is -2.00. The maximum atomic E-state index is 11.3. The molecule has 0 aliphatic carbocycles. The Kier molecular flexibility index (Phi) is 2.02. The molecule has 0 aliphatic heterocycles. The molecule has 0 aromatic heterocycles. The van der Waals surface area contributed by atoms with Crippen LogP contribution in [0, 0.1) is 0 Å². The molecule has 0 unspecified atom stereocenters. The molecule has 0 radical (unpaired) electrons. The summed E-state index contributed by atoms with van der Waals surface area (Å²) in [6.07, 6.45) is 0. The topological polar surface area (TPSA) is 17.1 Å². The third-order valence-electron chi connectivity index (χ3n) is 0.345. The Morgan fingerprint density at radius 2 is 1.86 bits per heavy atom. The van der Waals surface area contributed by atoms with Gasteiger partial charge in [-0.3, -0.25) is 4.79 Å². The van der Waals surface area contributed by atoms with Crippen LogP contribution in [0.4, 0.5) is 4.39 Å². The van der Waals surface area contributed by atoms with Crippen molar-refractivity contribution in [3.8, 4) is 0 Å². The van der Waals surface area contributed by atoms with Crippen LogP contribution in [0.15, 0.2) is 0 Å². The molecule has 42 valence electrons. The van der Waals surface area contributed by atoms with Gasteiger partial charge in [0.15, 0.2) is 0 Å². The van der Waals surface area contributed by atoms with Crippen molar-refractivity contribution in [3.05, 3.63) is 0 Å². The van der Waals surface area contributed by atoms with Crippen LogP contribution >= 0.6 is 23.2 Å². The summed E-state index contributed by atoms with van der Waals surface area (Å²) in [5, 5.41) is 0. The maximum absolute atomic E-state index is 11.3. The molecule has 0 saturated carbocycles. The van der Waals surface area contributed by atoms with Crippen LogP contribution in [-0.2, 0) is 4.79 Å². The molecule has 7 heavy (non-hydrogen) atoms.